The van der Waals surface area contributed by atoms with E-state index in [9.17, 15) is 14.5 Å². The number of rotatable bonds is 6. The van der Waals surface area contributed by atoms with Crippen molar-refractivity contribution < 1.29 is 14.1 Å². The molecule has 0 fully saturated rings. The molecule has 1 heterocycles. The Morgan fingerprint density at radius 1 is 1.38 bits per heavy atom. The first-order valence-electron chi connectivity index (χ1n) is 6.42. The molecule has 21 heavy (non-hydrogen) atoms. The Morgan fingerprint density at radius 3 is 2.90 bits per heavy atom. The zero-order valence-electron chi connectivity index (χ0n) is 11.4. The standard InChI is InChI=1S/C14H14FN3O3/c1-2-6-16-14-9-11(5-7-17-14)21-13-4-3-10(15)8-12(13)18(19)20/h3-5,7-9H,2,6H2,1H3,(H,16,17). The maximum absolute atomic E-state index is 13.1. The first-order valence-corrected chi connectivity index (χ1v) is 6.42. The van der Waals surface area contributed by atoms with E-state index in [1.54, 1.807) is 12.1 Å². The van der Waals surface area contributed by atoms with Gasteiger partial charge in [0.1, 0.15) is 17.4 Å². The molecule has 0 saturated carbocycles. The zero-order valence-corrected chi connectivity index (χ0v) is 11.4. The molecule has 1 aromatic carbocycles. The number of nitro benzene ring substituents is 1. The Bertz CT molecular complexity index is 649. The van der Waals surface area contributed by atoms with Crippen molar-refractivity contribution in [2.75, 3.05) is 11.9 Å². The fraction of sp³-hybridized carbons (Fsp3) is 0.214. The molecule has 0 saturated heterocycles. The molecule has 0 unspecified atom stereocenters. The van der Waals surface area contributed by atoms with E-state index >= 15 is 0 Å². The number of hydrogen-bond acceptors (Lipinski definition) is 5. The highest BCUT2D eigenvalue weighted by molar-refractivity contribution is 5.50. The summed E-state index contributed by atoms with van der Waals surface area (Å²) in [5, 5.41) is 14.0. The summed E-state index contributed by atoms with van der Waals surface area (Å²) in [6.45, 7) is 2.78. The molecule has 0 radical (unpaired) electrons. The van der Waals surface area contributed by atoms with Crippen molar-refractivity contribution in [1.82, 2.24) is 4.98 Å². The third kappa shape index (κ3) is 3.88. The average molecular weight is 291 g/mol. The van der Waals surface area contributed by atoms with Crippen LogP contribution in [0, 0.1) is 15.9 Å². The van der Waals surface area contributed by atoms with Gasteiger partial charge in [0.2, 0.25) is 5.75 Å². The number of benzene rings is 1. The van der Waals surface area contributed by atoms with Crippen LogP contribution in [-0.4, -0.2) is 16.5 Å². The lowest BCUT2D eigenvalue weighted by atomic mass is 10.3. The monoisotopic (exact) mass is 291 g/mol. The minimum Gasteiger partial charge on any atom is -0.450 e. The lowest BCUT2D eigenvalue weighted by Gasteiger charge is -2.08. The van der Waals surface area contributed by atoms with Gasteiger partial charge in [-0.15, -0.1) is 0 Å². The van der Waals surface area contributed by atoms with Crippen LogP contribution < -0.4 is 10.1 Å². The number of pyridine rings is 1. The zero-order chi connectivity index (χ0) is 15.2. The number of anilines is 1. The number of ether oxygens (including phenoxy) is 1. The summed E-state index contributed by atoms with van der Waals surface area (Å²) in [5.74, 6) is 0.292. The topological polar surface area (TPSA) is 77.3 Å². The van der Waals surface area contributed by atoms with Gasteiger partial charge in [0, 0.05) is 18.8 Å². The van der Waals surface area contributed by atoms with Crippen molar-refractivity contribution in [3.63, 3.8) is 0 Å². The van der Waals surface area contributed by atoms with Crippen LogP contribution in [0.5, 0.6) is 11.5 Å². The van der Waals surface area contributed by atoms with Crippen molar-refractivity contribution in [2.45, 2.75) is 13.3 Å². The average Bonchev–Trinajstić information content (AvgIpc) is 2.47. The van der Waals surface area contributed by atoms with E-state index in [-0.39, 0.29) is 5.75 Å². The molecule has 110 valence electrons. The molecule has 1 aromatic heterocycles. The van der Waals surface area contributed by atoms with Crippen molar-refractivity contribution in [3.8, 4) is 11.5 Å². The Hall–Kier alpha value is -2.70. The molecule has 7 heteroatoms. The quantitative estimate of drug-likeness (QED) is 0.648. The fourth-order valence-corrected chi connectivity index (χ4v) is 1.67. The second-order valence-electron chi connectivity index (χ2n) is 4.27. The second-order valence-corrected chi connectivity index (χ2v) is 4.27. The number of nitrogens with zero attached hydrogens (tertiary/aromatic N) is 2. The Labute approximate surface area is 120 Å². The van der Waals surface area contributed by atoms with Gasteiger partial charge >= 0.3 is 5.69 Å². The van der Waals surface area contributed by atoms with Gasteiger partial charge in [-0.25, -0.2) is 9.37 Å². The first kappa shape index (κ1) is 14.7. The lowest BCUT2D eigenvalue weighted by molar-refractivity contribution is -0.385. The summed E-state index contributed by atoms with van der Waals surface area (Å²) in [4.78, 5) is 14.3. The molecular weight excluding hydrogens is 277 g/mol. The summed E-state index contributed by atoms with van der Waals surface area (Å²) < 4.78 is 18.5. The van der Waals surface area contributed by atoms with E-state index < -0.39 is 16.4 Å². The molecule has 0 bridgehead atoms. The third-order valence-corrected chi connectivity index (χ3v) is 2.63. The predicted octanol–water partition coefficient (Wildman–Crippen LogP) is 3.74. The van der Waals surface area contributed by atoms with Crippen LogP contribution in [0.1, 0.15) is 13.3 Å². The van der Waals surface area contributed by atoms with Crippen LogP contribution in [0.15, 0.2) is 36.5 Å². The largest absolute Gasteiger partial charge is 0.450 e. The van der Waals surface area contributed by atoms with E-state index in [2.05, 4.69) is 10.3 Å². The first-order chi connectivity index (χ1) is 10.1. The second kappa shape index (κ2) is 6.65. The smallest absolute Gasteiger partial charge is 0.314 e. The summed E-state index contributed by atoms with van der Waals surface area (Å²) in [7, 11) is 0. The van der Waals surface area contributed by atoms with E-state index in [1.807, 2.05) is 6.92 Å². The van der Waals surface area contributed by atoms with Crippen LogP contribution in [0.4, 0.5) is 15.9 Å². The lowest BCUT2D eigenvalue weighted by Crippen LogP contribution is -2.01. The molecule has 0 aliphatic heterocycles. The molecule has 6 nitrogen and oxygen atoms in total. The summed E-state index contributed by atoms with van der Waals surface area (Å²) in [6.07, 6.45) is 2.47. The van der Waals surface area contributed by atoms with Crippen molar-refractivity contribution in [2.24, 2.45) is 0 Å². The summed E-state index contributed by atoms with van der Waals surface area (Å²) in [6, 6.07) is 6.37. The molecule has 0 aliphatic rings. The fourth-order valence-electron chi connectivity index (χ4n) is 1.67. The van der Waals surface area contributed by atoms with Gasteiger partial charge in [-0.05, 0) is 24.6 Å². The number of halogens is 1. The maximum Gasteiger partial charge on any atom is 0.314 e. The molecule has 2 rings (SSSR count). The Kier molecular flexibility index (Phi) is 4.65. The summed E-state index contributed by atoms with van der Waals surface area (Å²) >= 11 is 0. The van der Waals surface area contributed by atoms with Crippen LogP contribution in [0.25, 0.3) is 0 Å². The molecule has 2 aromatic rings. The predicted molar refractivity (Wildman–Crippen MR) is 76.1 cm³/mol. The number of nitro groups is 1. The number of aromatic nitrogens is 1. The van der Waals surface area contributed by atoms with E-state index in [4.69, 9.17) is 4.74 Å². The molecular formula is C14H14FN3O3. The van der Waals surface area contributed by atoms with E-state index in [1.165, 1.54) is 12.3 Å². The Morgan fingerprint density at radius 2 is 2.19 bits per heavy atom. The van der Waals surface area contributed by atoms with Crippen LogP contribution in [0.2, 0.25) is 0 Å². The highest BCUT2D eigenvalue weighted by atomic mass is 19.1. The van der Waals surface area contributed by atoms with E-state index in [0.717, 1.165) is 25.1 Å². The number of nitrogens with one attached hydrogen (secondary N) is 1. The van der Waals surface area contributed by atoms with Crippen LogP contribution in [-0.2, 0) is 0 Å². The van der Waals surface area contributed by atoms with Crippen molar-refractivity contribution in [1.29, 1.82) is 0 Å². The number of hydrogen-bond donors (Lipinski definition) is 1. The van der Waals surface area contributed by atoms with Gasteiger partial charge in [-0.2, -0.15) is 0 Å². The maximum atomic E-state index is 13.1. The molecule has 1 N–H and O–H groups in total. The van der Waals surface area contributed by atoms with Gasteiger partial charge in [-0.3, -0.25) is 10.1 Å². The van der Waals surface area contributed by atoms with Crippen LogP contribution >= 0.6 is 0 Å². The Balaban J connectivity index is 2.24. The molecule has 0 amide bonds. The highest BCUT2D eigenvalue weighted by Crippen LogP contribution is 2.32. The van der Waals surface area contributed by atoms with Gasteiger partial charge in [-0.1, -0.05) is 6.92 Å². The molecule has 0 aliphatic carbocycles. The van der Waals surface area contributed by atoms with Crippen LogP contribution in [0.3, 0.4) is 0 Å². The normalized spacial score (nSPS) is 10.2. The minimum atomic E-state index is -0.686. The van der Waals surface area contributed by atoms with Crippen molar-refractivity contribution >= 4 is 11.5 Å². The van der Waals surface area contributed by atoms with Gasteiger partial charge in [0.15, 0.2) is 0 Å². The molecule has 0 atom stereocenters. The van der Waals surface area contributed by atoms with Gasteiger partial charge in [0.25, 0.3) is 0 Å². The van der Waals surface area contributed by atoms with E-state index in [0.29, 0.717) is 11.6 Å². The summed E-state index contributed by atoms with van der Waals surface area (Å²) in [5.41, 5.74) is -0.421. The third-order valence-electron chi connectivity index (χ3n) is 2.63. The van der Waals surface area contributed by atoms with Gasteiger partial charge in [0.05, 0.1) is 11.0 Å². The minimum absolute atomic E-state index is 0.0194. The SMILES string of the molecule is CCCNc1cc(Oc2ccc(F)cc2[N+](=O)[O-])ccn1. The van der Waals surface area contributed by atoms with Crippen molar-refractivity contribution in [3.05, 3.63) is 52.5 Å². The van der Waals surface area contributed by atoms with Gasteiger partial charge < -0.3 is 10.1 Å². The highest BCUT2D eigenvalue weighted by Gasteiger charge is 2.17. The molecule has 0 spiro atoms.